The second-order valence-corrected chi connectivity index (χ2v) is 4.32. The number of hydrogen-bond acceptors (Lipinski definition) is 1. The third-order valence-electron chi connectivity index (χ3n) is 3.09. The molecule has 1 heterocycles. The van der Waals surface area contributed by atoms with E-state index in [0.29, 0.717) is 6.54 Å². The highest BCUT2D eigenvalue weighted by Gasteiger charge is 2.15. The molecular formula is C12H21N3+2. The Labute approximate surface area is 91.3 Å². The minimum absolute atomic E-state index is 0.650. The van der Waals surface area contributed by atoms with Crippen LogP contribution in [0.3, 0.4) is 0 Å². The van der Waals surface area contributed by atoms with Crippen molar-refractivity contribution in [1.82, 2.24) is 0 Å². The smallest absolute Gasteiger partial charge is 0.127 e. The zero-order chi connectivity index (χ0) is 10.5. The van der Waals surface area contributed by atoms with E-state index in [9.17, 15) is 0 Å². The first-order valence-corrected chi connectivity index (χ1v) is 5.81. The van der Waals surface area contributed by atoms with Crippen molar-refractivity contribution >= 4 is 0 Å². The molecule has 1 aromatic rings. The molecule has 0 spiro atoms. The first-order valence-electron chi connectivity index (χ1n) is 5.81. The van der Waals surface area contributed by atoms with Gasteiger partial charge in [-0.1, -0.05) is 18.2 Å². The molecule has 15 heavy (non-hydrogen) atoms. The standard InChI is InChI=1S/C12H19N3/c13-9-11-2-1-3-12(8-11)10-15-6-4-14-5-7-15/h1-3,8,14H,4-7,9-10,13H2/p+2. The van der Waals surface area contributed by atoms with Crippen LogP contribution in [0.2, 0.25) is 0 Å². The molecule has 0 aromatic heterocycles. The number of nitrogens with one attached hydrogen (secondary N) is 1. The van der Waals surface area contributed by atoms with Gasteiger partial charge in [0.1, 0.15) is 32.7 Å². The van der Waals surface area contributed by atoms with Gasteiger partial charge in [-0.25, -0.2) is 0 Å². The summed E-state index contributed by atoms with van der Waals surface area (Å²) in [5, 5.41) is 2.40. The van der Waals surface area contributed by atoms with Crippen LogP contribution in [0.25, 0.3) is 0 Å². The van der Waals surface area contributed by atoms with Gasteiger partial charge in [0.15, 0.2) is 0 Å². The van der Waals surface area contributed by atoms with E-state index in [2.05, 4.69) is 29.6 Å². The van der Waals surface area contributed by atoms with E-state index < -0.39 is 0 Å². The van der Waals surface area contributed by atoms with Crippen molar-refractivity contribution in [2.24, 2.45) is 5.73 Å². The minimum Gasteiger partial charge on any atom is -0.337 e. The van der Waals surface area contributed by atoms with Crippen LogP contribution in [0, 0.1) is 0 Å². The third kappa shape index (κ3) is 3.02. The fourth-order valence-electron chi connectivity index (χ4n) is 2.21. The molecule has 1 aromatic carbocycles. The van der Waals surface area contributed by atoms with E-state index in [1.807, 2.05) is 0 Å². The summed E-state index contributed by atoms with van der Waals surface area (Å²) >= 11 is 0. The number of nitrogens with two attached hydrogens (primary N) is 2. The monoisotopic (exact) mass is 207 g/mol. The summed E-state index contributed by atoms with van der Waals surface area (Å²) in [5.74, 6) is 0. The molecular weight excluding hydrogens is 186 g/mol. The van der Waals surface area contributed by atoms with Crippen molar-refractivity contribution in [3.05, 3.63) is 35.4 Å². The fourth-order valence-corrected chi connectivity index (χ4v) is 2.21. The van der Waals surface area contributed by atoms with Crippen LogP contribution in [0.4, 0.5) is 0 Å². The Bertz CT molecular complexity index is 305. The van der Waals surface area contributed by atoms with Crippen LogP contribution in [-0.4, -0.2) is 26.2 Å². The molecule has 0 atom stereocenters. The SMILES string of the molecule is NCc1cccc(C[NH+]2CC[NH2+]CC2)c1. The molecule has 3 heteroatoms. The Morgan fingerprint density at radius 1 is 1.20 bits per heavy atom. The molecule has 3 nitrogen and oxygen atoms in total. The maximum Gasteiger partial charge on any atom is 0.127 e. The van der Waals surface area contributed by atoms with Gasteiger partial charge in [0.2, 0.25) is 0 Å². The Morgan fingerprint density at radius 3 is 2.67 bits per heavy atom. The zero-order valence-corrected chi connectivity index (χ0v) is 9.21. The van der Waals surface area contributed by atoms with Gasteiger partial charge in [-0.2, -0.15) is 0 Å². The Hall–Kier alpha value is -0.900. The average Bonchev–Trinajstić information content (AvgIpc) is 2.31. The molecule has 0 unspecified atom stereocenters. The van der Waals surface area contributed by atoms with Crippen LogP contribution >= 0.6 is 0 Å². The Morgan fingerprint density at radius 2 is 1.93 bits per heavy atom. The van der Waals surface area contributed by atoms with Gasteiger partial charge in [-0.15, -0.1) is 0 Å². The summed E-state index contributed by atoms with van der Waals surface area (Å²) < 4.78 is 0. The number of rotatable bonds is 3. The summed E-state index contributed by atoms with van der Waals surface area (Å²) in [6.07, 6.45) is 0. The van der Waals surface area contributed by atoms with Crippen LogP contribution in [0.5, 0.6) is 0 Å². The van der Waals surface area contributed by atoms with Crippen molar-refractivity contribution in [3.63, 3.8) is 0 Å². The molecule has 5 N–H and O–H groups in total. The Kier molecular flexibility index (Phi) is 3.72. The normalized spacial score (nSPS) is 17.9. The quantitative estimate of drug-likeness (QED) is 0.533. The number of benzene rings is 1. The highest BCUT2D eigenvalue weighted by Crippen LogP contribution is 2.02. The molecule has 0 saturated carbocycles. The maximum absolute atomic E-state index is 5.64. The largest absolute Gasteiger partial charge is 0.337 e. The second-order valence-electron chi connectivity index (χ2n) is 4.32. The molecule has 1 fully saturated rings. The predicted molar refractivity (Wildman–Crippen MR) is 60.4 cm³/mol. The van der Waals surface area contributed by atoms with Gasteiger partial charge >= 0.3 is 0 Å². The summed E-state index contributed by atoms with van der Waals surface area (Å²) in [7, 11) is 0. The second kappa shape index (κ2) is 5.26. The summed E-state index contributed by atoms with van der Waals surface area (Å²) in [4.78, 5) is 1.70. The summed E-state index contributed by atoms with van der Waals surface area (Å²) in [5.41, 5.74) is 8.31. The predicted octanol–water partition coefficient (Wildman–Crippen LogP) is -1.89. The number of hydrogen-bond donors (Lipinski definition) is 3. The lowest BCUT2D eigenvalue weighted by Gasteiger charge is -2.22. The average molecular weight is 207 g/mol. The zero-order valence-electron chi connectivity index (χ0n) is 9.21. The lowest BCUT2D eigenvalue weighted by molar-refractivity contribution is -0.958. The highest BCUT2D eigenvalue weighted by atomic mass is 15.2. The topological polar surface area (TPSA) is 47.1 Å². The van der Waals surface area contributed by atoms with Crippen LogP contribution in [0.1, 0.15) is 11.1 Å². The Balaban J connectivity index is 1.96. The first-order chi connectivity index (χ1) is 7.38. The number of piperazine rings is 1. The molecule has 82 valence electrons. The lowest BCUT2D eigenvalue weighted by Crippen LogP contribution is -3.19. The van der Waals surface area contributed by atoms with E-state index in [0.717, 1.165) is 6.54 Å². The van der Waals surface area contributed by atoms with Crippen LogP contribution in [0.15, 0.2) is 24.3 Å². The number of quaternary nitrogens is 2. The third-order valence-corrected chi connectivity index (χ3v) is 3.09. The van der Waals surface area contributed by atoms with E-state index in [1.165, 1.54) is 37.3 Å². The first kappa shape index (κ1) is 10.6. The van der Waals surface area contributed by atoms with E-state index >= 15 is 0 Å². The molecule has 2 rings (SSSR count). The molecule has 0 radical (unpaired) electrons. The van der Waals surface area contributed by atoms with Crippen LogP contribution < -0.4 is 16.0 Å². The fraction of sp³-hybridized carbons (Fsp3) is 0.500. The summed E-state index contributed by atoms with van der Waals surface area (Å²) in [6.45, 7) is 6.91. The molecule has 0 aliphatic carbocycles. The van der Waals surface area contributed by atoms with Gasteiger partial charge in [0, 0.05) is 12.1 Å². The van der Waals surface area contributed by atoms with E-state index in [1.54, 1.807) is 4.90 Å². The molecule has 1 aliphatic rings. The van der Waals surface area contributed by atoms with Crippen molar-refractivity contribution in [3.8, 4) is 0 Å². The van der Waals surface area contributed by atoms with Crippen molar-refractivity contribution in [2.45, 2.75) is 13.1 Å². The van der Waals surface area contributed by atoms with Crippen molar-refractivity contribution in [2.75, 3.05) is 26.2 Å². The highest BCUT2D eigenvalue weighted by molar-refractivity contribution is 5.22. The van der Waals surface area contributed by atoms with Gasteiger partial charge in [0.05, 0.1) is 0 Å². The molecule has 1 aliphatic heterocycles. The van der Waals surface area contributed by atoms with Gasteiger partial charge in [-0.05, 0) is 11.6 Å². The summed E-state index contributed by atoms with van der Waals surface area (Å²) in [6, 6.07) is 8.67. The van der Waals surface area contributed by atoms with Crippen molar-refractivity contribution in [1.29, 1.82) is 0 Å². The van der Waals surface area contributed by atoms with Gasteiger partial charge in [-0.3, -0.25) is 0 Å². The molecule has 1 saturated heterocycles. The van der Waals surface area contributed by atoms with E-state index in [4.69, 9.17) is 5.73 Å². The van der Waals surface area contributed by atoms with Gasteiger partial charge in [0.25, 0.3) is 0 Å². The molecule has 0 amide bonds. The molecule has 0 bridgehead atoms. The lowest BCUT2D eigenvalue weighted by atomic mass is 10.1. The minimum atomic E-state index is 0.650. The van der Waals surface area contributed by atoms with E-state index in [-0.39, 0.29) is 0 Å². The van der Waals surface area contributed by atoms with Crippen molar-refractivity contribution < 1.29 is 10.2 Å². The van der Waals surface area contributed by atoms with Gasteiger partial charge < -0.3 is 16.0 Å². The maximum atomic E-state index is 5.64. The van der Waals surface area contributed by atoms with Crippen LogP contribution in [-0.2, 0) is 13.1 Å².